The average Bonchev–Trinajstić information content (AvgIpc) is 1.94. The molecule has 0 unspecified atom stereocenters. The Morgan fingerprint density at radius 3 is 2.15 bits per heavy atom. The molecule has 0 N–H and O–H groups in total. The molecular weight excluding hydrogens is 194 g/mol. The third-order valence-electron chi connectivity index (χ3n) is 1.80. The van der Waals surface area contributed by atoms with Crippen molar-refractivity contribution in [1.82, 2.24) is 0 Å². The van der Waals surface area contributed by atoms with Gasteiger partial charge in [-0.05, 0) is 23.1 Å². The summed E-state index contributed by atoms with van der Waals surface area (Å²) in [7, 11) is 0. The first-order valence-electron chi connectivity index (χ1n) is 3.97. The minimum atomic E-state index is -0.532. The van der Waals surface area contributed by atoms with Gasteiger partial charge in [0.15, 0.2) is 0 Å². The van der Waals surface area contributed by atoms with Crippen LogP contribution in [0.15, 0.2) is 12.1 Å². The highest BCUT2D eigenvalue weighted by atomic mass is 35.5. The molecule has 0 amide bonds. The predicted octanol–water partition coefficient (Wildman–Crippen LogP) is 3.92. The molecule has 0 radical (unpaired) electrons. The molecule has 0 aliphatic heterocycles. The molecular formula is C10H11ClF2. The first kappa shape index (κ1) is 10.5. The van der Waals surface area contributed by atoms with Crippen molar-refractivity contribution in [3.8, 4) is 0 Å². The molecule has 1 aromatic carbocycles. The standard InChI is InChI=1S/C10H11ClF2/c1-10(2,3)7-4-6(12)5-8(11)9(7)13/h4-5H,1-3H3. The van der Waals surface area contributed by atoms with Crippen molar-refractivity contribution in [2.45, 2.75) is 26.2 Å². The molecule has 0 aliphatic carbocycles. The van der Waals surface area contributed by atoms with E-state index in [1.807, 2.05) is 0 Å². The molecule has 1 aromatic rings. The van der Waals surface area contributed by atoms with Crippen molar-refractivity contribution < 1.29 is 8.78 Å². The maximum atomic E-state index is 13.4. The summed E-state index contributed by atoms with van der Waals surface area (Å²) in [5.41, 5.74) is -0.131. The summed E-state index contributed by atoms with van der Waals surface area (Å²) in [5.74, 6) is -1.04. The molecule has 72 valence electrons. The Morgan fingerprint density at radius 2 is 1.69 bits per heavy atom. The van der Waals surface area contributed by atoms with Crippen LogP contribution in [0.4, 0.5) is 8.78 Å². The van der Waals surface area contributed by atoms with Crippen molar-refractivity contribution in [3.05, 3.63) is 34.4 Å². The molecule has 1 rings (SSSR count). The van der Waals surface area contributed by atoms with Crippen molar-refractivity contribution in [2.75, 3.05) is 0 Å². The van der Waals surface area contributed by atoms with Gasteiger partial charge in [0.25, 0.3) is 0 Å². The number of rotatable bonds is 0. The highest BCUT2D eigenvalue weighted by molar-refractivity contribution is 6.30. The largest absolute Gasteiger partial charge is 0.207 e. The van der Waals surface area contributed by atoms with Crippen LogP contribution < -0.4 is 0 Å². The Bertz CT molecular complexity index is 326. The van der Waals surface area contributed by atoms with Gasteiger partial charge in [-0.3, -0.25) is 0 Å². The van der Waals surface area contributed by atoms with Gasteiger partial charge in [-0.25, -0.2) is 8.78 Å². The van der Waals surface area contributed by atoms with E-state index in [-0.39, 0.29) is 5.02 Å². The zero-order valence-corrected chi connectivity index (χ0v) is 8.54. The lowest BCUT2D eigenvalue weighted by Crippen LogP contribution is -2.14. The van der Waals surface area contributed by atoms with E-state index in [0.29, 0.717) is 5.56 Å². The zero-order chi connectivity index (χ0) is 10.2. The molecule has 0 atom stereocenters. The average molecular weight is 205 g/mol. The quantitative estimate of drug-likeness (QED) is 0.562. The summed E-state index contributed by atoms with van der Waals surface area (Å²) < 4.78 is 26.3. The molecule has 0 aromatic heterocycles. The molecule has 0 spiro atoms. The lowest BCUT2D eigenvalue weighted by molar-refractivity contribution is 0.512. The molecule has 0 bridgehead atoms. The molecule has 0 heterocycles. The lowest BCUT2D eigenvalue weighted by atomic mass is 9.86. The van der Waals surface area contributed by atoms with Gasteiger partial charge in [0.05, 0.1) is 5.02 Å². The number of halogens is 3. The van der Waals surface area contributed by atoms with Crippen LogP contribution in [0, 0.1) is 11.6 Å². The van der Waals surface area contributed by atoms with Gasteiger partial charge < -0.3 is 0 Å². The molecule has 0 saturated carbocycles. The molecule has 0 saturated heterocycles. The highest BCUT2D eigenvalue weighted by Gasteiger charge is 2.21. The van der Waals surface area contributed by atoms with Gasteiger partial charge in [0, 0.05) is 0 Å². The Morgan fingerprint density at radius 1 is 1.15 bits per heavy atom. The van der Waals surface area contributed by atoms with Gasteiger partial charge >= 0.3 is 0 Å². The van der Waals surface area contributed by atoms with E-state index in [2.05, 4.69) is 0 Å². The van der Waals surface area contributed by atoms with Crippen molar-refractivity contribution in [3.63, 3.8) is 0 Å². The van der Waals surface area contributed by atoms with Crippen LogP contribution in [-0.2, 0) is 5.41 Å². The van der Waals surface area contributed by atoms with Crippen molar-refractivity contribution in [1.29, 1.82) is 0 Å². The number of hydrogen-bond acceptors (Lipinski definition) is 0. The Hall–Kier alpha value is -0.630. The second-order valence-electron chi connectivity index (χ2n) is 4.00. The second kappa shape index (κ2) is 3.26. The van der Waals surface area contributed by atoms with Gasteiger partial charge in [-0.1, -0.05) is 32.4 Å². The normalized spacial score (nSPS) is 11.8. The van der Waals surface area contributed by atoms with Crippen molar-refractivity contribution in [2.24, 2.45) is 0 Å². The lowest BCUT2D eigenvalue weighted by Gasteiger charge is -2.20. The minimum absolute atomic E-state index is 0.162. The molecule has 0 aliphatic rings. The fraction of sp³-hybridized carbons (Fsp3) is 0.400. The second-order valence-corrected chi connectivity index (χ2v) is 4.41. The summed E-state index contributed by atoms with van der Waals surface area (Å²) in [5, 5.41) is -0.162. The van der Waals surface area contributed by atoms with E-state index in [1.165, 1.54) is 6.07 Å². The molecule has 3 heteroatoms. The predicted molar refractivity (Wildman–Crippen MR) is 50.1 cm³/mol. The fourth-order valence-electron chi connectivity index (χ4n) is 1.10. The maximum Gasteiger partial charge on any atom is 0.145 e. The third kappa shape index (κ3) is 2.19. The minimum Gasteiger partial charge on any atom is -0.207 e. The summed E-state index contributed by atoms with van der Waals surface area (Å²) >= 11 is 5.51. The summed E-state index contributed by atoms with van der Waals surface area (Å²) in [6, 6.07) is 2.16. The van der Waals surface area contributed by atoms with Gasteiger partial charge in [0.2, 0.25) is 0 Å². The fourth-order valence-corrected chi connectivity index (χ4v) is 1.31. The van der Waals surface area contributed by atoms with Crippen LogP contribution >= 0.6 is 11.6 Å². The van der Waals surface area contributed by atoms with Crippen LogP contribution in [0.25, 0.3) is 0 Å². The summed E-state index contributed by atoms with van der Waals surface area (Å²) in [6.45, 7) is 5.42. The van der Waals surface area contributed by atoms with Crippen LogP contribution in [0.3, 0.4) is 0 Å². The molecule has 0 fully saturated rings. The Balaban J connectivity index is 3.37. The van der Waals surface area contributed by atoms with Crippen LogP contribution in [0.5, 0.6) is 0 Å². The van der Waals surface area contributed by atoms with Crippen LogP contribution in [0.1, 0.15) is 26.3 Å². The Labute approximate surface area is 81.5 Å². The molecule has 0 nitrogen and oxygen atoms in total. The number of benzene rings is 1. The summed E-state index contributed by atoms with van der Waals surface area (Å²) in [6.07, 6.45) is 0. The van der Waals surface area contributed by atoms with E-state index in [4.69, 9.17) is 11.6 Å². The Kier molecular flexibility index (Phi) is 2.62. The number of hydrogen-bond donors (Lipinski definition) is 0. The van der Waals surface area contributed by atoms with E-state index in [9.17, 15) is 8.78 Å². The first-order valence-corrected chi connectivity index (χ1v) is 4.35. The topological polar surface area (TPSA) is 0 Å². The summed E-state index contributed by atoms with van der Waals surface area (Å²) in [4.78, 5) is 0. The van der Waals surface area contributed by atoms with Gasteiger partial charge in [-0.2, -0.15) is 0 Å². The van der Waals surface area contributed by atoms with Crippen molar-refractivity contribution >= 4 is 11.6 Å². The van der Waals surface area contributed by atoms with Crippen LogP contribution in [-0.4, -0.2) is 0 Å². The smallest absolute Gasteiger partial charge is 0.145 e. The van der Waals surface area contributed by atoms with E-state index < -0.39 is 17.0 Å². The highest BCUT2D eigenvalue weighted by Crippen LogP contribution is 2.29. The SMILES string of the molecule is CC(C)(C)c1cc(F)cc(Cl)c1F. The third-order valence-corrected chi connectivity index (χ3v) is 2.08. The van der Waals surface area contributed by atoms with Gasteiger partial charge in [0.1, 0.15) is 11.6 Å². The van der Waals surface area contributed by atoms with E-state index >= 15 is 0 Å². The first-order chi connectivity index (χ1) is 5.82. The zero-order valence-electron chi connectivity index (χ0n) is 7.79. The molecule has 13 heavy (non-hydrogen) atoms. The monoisotopic (exact) mass is 204 g/mol. The van der Waals surface area contributed by atoms with Crippen LogP contribution in [0.2, 0.25) is 5.02 Å². The van der Waals surface area contributed by atoms with Gasteiger partial charge in [-0.15, -0.1) is 0 Å². The van der Waals surface area contributed by atoms with E-state index in [0.717, 1.165) is 6.07 Å². The van der Waals surface area contributed by atoms with E-state index in [1.54, 1.807) is 20.8 Å². The maximum absolute atomic E-state index is 13.4.